The molecule has 4 rings (SSSR count). The maximum absolute atomic E-state index is 12.7. The van der Waals surface area contributed by atoms with Gasteiger partial charge in [-0.05, 0) is 30.5 Å². The predicted molar refractivity (Wildman–Crippen MR) is 151 cm³/mol. The molecule has 10 atom stereocenters. The summed E-state index contributed by atoms with van der Waals surface area (Å²) in [6.07, 6.45) is -6.44. The van der Waals surface area contributed by atoms with Crippen LogP contribution in [0.15, 0.2) is 48.8 Å². The molecule has 5 N–H and O–H groups in total. The van der Waals surface area contributed by atoms with Crippen LogP contribution in [0.25, 0.3) is 0 Å². The third-order valence-corrected chi connectivity index (χ3v) is 8.21. The van der Waals surface area contributed by atoms with Gasteiger partial charge in [0, 0.05) is 37.5 Å². The van der Waals surface area contributed by atoms with Gasteiger partial charge in [0.15, 0.2) is 6.29 Å². The molecule has 44 heavy (non-hydrogen) atoms. The van der Waals surface area contributed by atoms with Crippen LogP contribution in [0.2, 0.25) is 0 Å². The molecule has 13 heteroatoms. The second-order valence-corrected chi connectivity index (χ2v) is 11.3. The van der Waals surface area contributed by atoms with Crippen molar-refractivity contribution >= 4 is 17.5 Å². The number of aliphatic hydroxyl groups excluding tert-OH is 4. The summed E-state index contributed by atoms with van der Waals surface area (Å²) in [5.74, 6) is -2.15. The number of methoxy groups -OCH3 is 1. The Balaban J connectivity index is 1.44. The van der Waals surface area contributed by atoms with Crippen molar-refractivity contribution in [2.75, 3.05) is 13.7 Å². The van der Waals surface area contributed by atoms with Gasteiger partial charge in [0.05, 0.1) is 37.8 Å². The van der Waals surface area contributed by atoms with Crippen LogP contribution in [0.1, 0.15) is 37.7 Å². The number of aliphatic hydroxyl groups is 4. The van der Waals surface area contributed by atoms with Crippen molar-refractivity contribution < 1.29 is 63.6 Å². The monoisotopic (exact) mass is 620 g/mol. The Kier molecular flexibility index (Phi) is 11.7. The Morgan fingerprint density at radius 3 is 2.39 bits per heavy atom. The molecule has 2 saturated heterocycles. The first kappa shape index (κ1) is 33.7. The number of benzene rings is 1. The number of Topliss-reactive ketones (excluding diaryl/α,β-unsaturated/α-hetero) is 2. The number of phenols is 1. The summed E-state index contributed by atoms with van der Waals surface area (Å²) >= 11 is 0. The van der Waals surface area contributed by atoms with Crippen molar-refractivity contribution in [3.63, 3.8) is 0 Å². The third kappa shape index (κ3) is 8.10. The van der Waals surface area contributed by atoms with Gasteiger partial charge in [-0.3, -0.25) is 9.59 Å². The Labute approximate surface area is 254 Å². The van der Waals surface area contributed by atoms with Crippen LogP contribution in [0, 0.1) is 11.8 Å². The number of hydrogen-bond donors (Lipinski definition) is 5. The third-order valence-electron chi connectivity index (χ3n) is 8.21. The van der Waals surface area contributed by atoms with Crippen LogP contribution < -0.4 is 0 Å². The summed E-state index contributed by atoms with van der Waals surface area (Å²) in [5.41, 5.74) is 1.03. The highest BCUT2D eigenvalue weighted by Crippen LogP contribution is 2.39. The number of hydrogen-bond acceptors (Lipinski definition) is 13. The lowest BCUT2D eigenvalue weighted by molar-refractivity contribution is -0.339. The number of aromatic hydroxyl groups is 1. The molecule has 1 aromatic carbocycles. The fraction of sp³-hybridized carbons (Fsp3) is 0.581. The number of phenolic OH excluding ortho intramolecular Hbond substituents is 1. The number of aryl methyl sites for hydroxylation is 1. The quantitative estimate of drug-likeness (QED) is 0.159. The smallest absolute Gasteiger partial charge is 0.337 e. The van der Waals surface area contributed by atoms with Gasteiger partial charge in [0.1, 0.15) is 41.7 Å². The number of ketones is 2. The highest BCUT2D eigenvalue weighted by Gasteiger charge is 2.48. The number of carbonyl (C=O) groups is 3. The molecule has 0 radical (unpaired) electrons. The van der Waals surface area contributed by atoms with E-state index >= 15 is 0 Å². The molecule has 3 heterocycles. The first-order valence-electron chi connectivity index (χ1n) is 14.5. The van der Waals surface area contributed by atoms with E-state index in [1.165, 1.54) is 13.2 Å². The van der Waals surface area contributed by atoms with Crippen LogP contribution in [-0.2, 0) is 44.5 Å². The first-order valence-corrected chi connectivity index (χ1v) is 14.5. The van der Waals surface area contributed by atoms with E-state index in [4.69, 9.17) is 23.7 Å². The summed E-state index contributed by atoms with van der Waals surface area (Å²) in [6, 6.07) is 6.58. The fourth-order valence-corrected chi connectivity index (χ4v) is 5.83. The van der Waals surface area contributed by atoms with E-state index in [1.807, 2.05) is 0 Å². The van der Waals surface area contributed by atoms with Crippen molar-refractivity contribution in [3.8, 4) is 5.75 Å². The van der Waals surface area contributed by atoms with Crippen molar-refractivity contribution in [3.05, 3.63) is 54.3 Å². The van der Waals surface area contributed by atoms with Gasteiger partial charge in [-0.1, -0.05) is 18.2 Å². The molecular formula is C31H40O13. The molecule has 2 fully saturated rings. The van der Waals surface area contributed by atoms with Crippen LogP contribution in [0.5, 0.6) is 5.75 Å². The molecule has 0 spiro atoms. The first-order chi connectivity index (χ1) is 21.0. The summed E-state index contributed by atoms with van der Waals surface area (Å²) < 4.78 is 28.1. The standard InChI is InChI=1S/C31H40O13/c1-3-22-23(13-21-12-19(35)11-20(42-21)10-18(34)9-6-16-4-7-17(33)8-5-16)24(29(39)40-2)15-41-30(22)44-31-28(38)27(37)26(36)25(14-32)43-31/h3-5,7-8,15,20-23,25-28,30-33,36-38H,1,6,9-14H2,2H3/t20-,21-,22-,23-,25-,26-,27-,28-,30+,31+/m1/s1. The Bertz CT molecular complexity index is 1200. The zero-order valence-electron chi connectivity index (χ0n) is 24.4. The van der Waals surface area contributed by atoms with Gasteiger partial charge >= 0.3 is 5.97 Å². The molecule has 13 nitrogen and oxygen atoms in total. The van der Waals surface area contributed by atoms with Crippen LogP contribution >= 0.6 is 0 Å². The minimum Gasteiger partial charge on any atom is -0.508 e. The molecule has 0 aliphatic carbocycles. The van der Waals surface area contributed by atoms with Crippen molar-refractivity contribution in [2.45, 2.75) is 87.7 Å². The van der Waals surface area contributed by atoms with E-state index in [0.29, 0.717) is 6.42 Å². The Morgan fingerprint density at radius 2 is 1.73 bits per heavy atom. The van der Waals surface area contributed by atoms with Gasteiger partial charge < -0.3 is 49.2 Å². The molecule has 0 saturated carbocycles. The Hall–Kier alpha value is -3.17. The molecule has 3 aliphatic rings. The van der Waals surface area contributed by atoms with Gasteiger partial charge in [0.2, 0.25) is 6.29 Å². The Morgan fingerprint density at radius 1 is 1.02 bits per heavy atom. The number of ether oxygens (including phenoxy) is 5. The molecule has 1 aromatic rings. The topological polar surface area (TPSA) is 199 Å². The van der Waals surface area contributed by atoms with E-state index in [0.717, 1.165) is 11.8 Å². The average Bonchev–Trinajstić information content (AvgIpc) is 3.00. The van der Waals surface area contributed by atoms with Crippen LogP contribution in [0.4, 0.5) is 0 Å². The summed E-state index contributed by atoms with van der Waals surface area (Å²) in [4.78, 5) is 38.2. The zero-order chi connectivity index (χ0) is 32.0. The van der Waals surface area contributed by atoms with Crippen LogP contribution in [0.3, 0.4) is 0 Å². The highest BCUT2D eigenvalue weighted by atomic mass is 16.8. The predicted octanol–water partition coefficient (Wildman–Crippen LogP) is 0.439. The number of rotatable bonds is 12. The average molecular weight is 621 g/mol. The number of esters is 1. The SMILES string of the molecule is C=C[C@H]1[C@H](O[C@@H]2O[C@H](CO)[C@@H](O)[C@@H](O)[C@H]2O)OC=C(C(=O)OC)[C@@H]1C[C@H]1CC(=O)C[C@@H](CC(=O)CCc2ccc(O)cc2)O1. The maximum atomic E-state index is 12.7. The fourth-order valence-electron chi connectivity index (χ4n) is 5.83. The van der Waals surface area contributed by atoms with Crippen LogP contribution in [-0.4, -0.2) is 106 Å². The van der Waals surface area contributed by atoms with Gasteiger partial charge in [-0.25, -0.2) is 4.79 Å². The lowest BCUT2D eigenvalue weighted by Gasteiger charge is -2.43. The molecule has 3 aliphatic heterocycles. The molecule has 0 bridgehead atoms. The van der Waals surface area contributed by atoms with Gasteiger partial charge in [0.25, 0.3) is 0 Å². The van der Waals surface area contributed by atoms with E-state index in [2.05, 4.69) is 6.58 Å². The molecule has 0 amide bonds. The molecular weight excluding hydrogens is 580 g/mol. The van der Waals surface area contributed by atoms with E-state index in [1.54, 1.807) is 24.3 Å². The van der Waals surface area contributed by atoms with Crippen molar-refractivity contribution in [2.24, 2.45) is 11.8 Å². The van der Waals surface area contributed by atoms with Gasteiger partial charge in [-0.2, -0.15) is 0 Å². The second-order valence-electron chi connectivity index (χ2n) is 11.3. The zero-order valence-corrected chi connectivity index (χ0v) is 24.4. The lowest BCUT2D eigenvalue weighted by Crippen LogP contribution is -2.60. The lowest BCUT2D eigenvalue weighted by atomic mass is 9.78. The minimum absolute atomic E-state index is 0.0432. The van der Waals surface area contributed by atoms with Crippen molar-refractivity contribution in [1.29, 1.82) is 0 Å². The summed E-state index contributed by atoms with van der Waals surface area (Å²) in [5, 5.41) is 49.7. The highest BCUT2D eigenvalue weighted by molar-refractivity contribution is 5.89. The van der Waals surface area contributed by atoms with E-state index in [-0.39, 0.29) is 55.0 Å². The minimum atomic E-state index is -1.68. The maximum Gasteiger partial charge on any atom is 0.337 e. The number of carbonyl (C=O) groups excluding carboxylic acids is 3. The van der Waals surface area contributed by atoms with Crippen molar-refractivity contribution in [1.82, 2.24) is 0 Å². The second kappa shape index (κ2) is 15.2. The molecule has 0 aromatic heterocycles. The van der Waals surface area contributed by atoms with Gasteiger partial charge in [-0.15, -0.1) is 6.58 Å². The molecule has 242 valence electrons. The molecule has 0 unspecified atom stereocenters. The summed E-state index contributed by atoms with van der Waals surface area (Å²) in [7, 11) is 1.21. The largest absolute Gasteiger partial charge is 0.508 e. The summed E-state index contributed by atoms with van der Waals surface area (Å²) in [6.45, 7) is 3.20. The normalized spacial score (nSPS) is 34.0. The van der Waals surface area contributed by atoms with E-state index < -0.39 is 73.6 Å². The van der Waals surface area contributed by atoms with E-state index in [9.17, 15) is 39.9 Å².